The predicted molar refractivity (Wildman–Crippen MR) is 83.5 cm³/mol. The van der Waals surface area contributed by atoms with E-state index in [1.54, 1.807) is 0 Å². The first-order valence-electron chi connectivity index (χ1n) is 7.86. The van der Waals surface area contributed by atoms with Gasteiger partial charge in [0.25, 0.3) is 0 Å². The molecular weight excluding hydrogens is 270 g/mol. The minimum Gasteiger partial charge on any atom is -0.493 e. The highest BCUT2D eigenvalue weighted by Gasteiger charge is 2.35. The van der Waals surface area contributed by atoms with E-state index in [1.807, 2.05) is 12.1 Å². The van der Waals surface area contributed by atoms with Crippen LogP contribution in [-0.4, -0.2) is 13.2 Å². The molecule has 0 heterocycles. The van der Waals surface area contributed by atoms with E-state index in [0.717, 1.165) is 36.1 Å². The maximum absolute atomic E-state index is 6.23. The zero-order valence-corrected chi connectivity index (χ0v) is 12.8. The molecule has 3 rings (SSSR count). The topological polar surface area (TPSA) is 35.2 Å². The lowest BCUT2D eigenvalue weighted by Crippen LogP contribution is -2.37. The highest BCUT2D eigenvalue weighted by atomic mass is 35.5. The second-order valence-electron chi connectivity index (χ2n) is 6.44. The highest BCUT2D eigenvalue weighted by molar-refractivity contribution is 6.30. The monoisotopic (exact) mass is 293 g/mol. The summed E-state index contributed by atoms with van der Waals surface area (Å²) in [6.45, 7) is 1.53. The molecule has 3 heteroatoms. The molecule has 110 valence electrons. The average molecular weight is 294 g/mol. The Kier molecular flexibility index (Phi) is 4.23. The number of benzene rings is 1. The van der Waals surface area contributed by atoms with Gasteiger partial charge in [-0.1, -0.05) is 30.9 Å². The zero-order chi connectivity index (χ0) is 14.0. The molecule has 0 amide bonds. The van der Waals surface area contributed by atoms with Crippen LogP contribution in [0.1, 0.15) is 50.5 Å². The third kappa shape index (κ3) is 2.96. The molecule has 2 nitrogen and oxygen atoms in total. The lowest BCUT2D eigenvalue weighted by molar-refractivity contribution is 0.262. The van der Waals surface area contributed by atoms with Crippen molar-refractivity contribution >= 4 is 11.6 Å². The first-order valence-corrected chi connectivity index (χ1v) is 8.24. The van der Waals surface area contributed by atoms with E-state index in [9.17, 15) is 0 Å². The Hall–Kier alpha value is -0.730. The molecule has 0 bridgehead atoms. The van der Waals surface area contributed by atoms with E-state index in [4.69, 9.17) is 22.1 Å². The van der Waals surface area contributed by atoms with Gasteiger partial charge in [0, 0.05) is 22.5 Å². The van der Waals surface area contributed by atoms with Gasteiger partial charge in [0.2, 0.25) is 0 Å². The van der Waals surface area contributed by atoms with Crippen LogP contribution in [0, 0.1) is 5.92 Å². The van der Waals surface area contributed by atoms with Gasteiger partial charge >= 0.3 is 0 Å². The SMILES string of the molecule is NCC1(c2cc(Cl)ccc2OCC2CC2)CCCCC1. The molecule has 0 atom stereocenters. The average Bonchev–Trinajstić information content (AvgIpc) is 3.31. The summed E-state index contributed by atoms with van der Waals surface area (Å²) < 4.78 is 6.08. The molecule has 0 unspecified atom stereocenters. The quantitative estimate of drug-likeness (QED) is 0.879. The fraction of sp³-hybridized carbons (Fsp3) is 0.647. The van der Waals surface area contributed by atoms with E-state index in [-0.39, 0.29) is 5.41 Å². The Morgan fingerprint density at radius 2 is 1.95 bits per heavy atom. The van der Waals surface area contributed by atoms with Crippen LogP contribution in [0.3, 0.4) is 0 Å². The Balaban J connectivity index is 1.89. The highest BCUT2D eigenvalue weighted by Crippen LogP contribution is 2.44. The van der Waals surface area contributed by atoms with Crippen molar-refractivity contribution in [2.75, 3.05) is 13.2 Å². The first-order chi connectivity index (χ1) is 9.73. The molecule has 2 N–H and O–H groups in total. The van der Waals surface area contributed by atoms with E-state index in [1.165, 1.54) is 37.7 Å². The lowest BCUT2D eigenvalue weighted by Gasteiger charge is -2.38. The van der Waals surface area contributed by atoms with Gasteiger partial charge in [-0.25, -0.2) is 0 Å². The number of hydrogen-bond donors (Lipinski definition) is 1. The molecule has 0 aliphatic heterocycles. The van der Waals surface area contributed by atoms with Crippen molar-refractivity contribution < 1.29 is 4.74 Å². The molecule has 2 aliphatic rings. The summed E-state index contributed by atoms with van der Waals surface area (Å²) in [5.74, 6) is 1.77. The Bertz CT molecular complexity index is 464. The van der Waals surface area contributed by atoms with Gasteiger partial charge in [-0.3, -0.25) is 0 Å². The van der Waals surface area contributed by atoms with Crippen molar-refractivity contribution in [1.82, 2.24) is 0 Å². The molecule has 1 aromatic rings. The van der Waals surface area contributed by atoms with Crippen LogP contribution in [0.5, 0.6) is 5.75 Å². The van der Waals surface area contributed by atoms with Crippen LogP contribution in [-0.2, 0) is 5.41 Å². The summed E-state index contributed by atoms with van der Waals surface area (Å²) in [5, 5.41) is 0.789. The standard InChI is InChI=1S/C17H24ClNO/c18-14-6-7-16(20-11-13-4-5-13)15(10-14)17(12-19)8-2-1-3-9-17/h6-7,10,13H,1-5,8-9,11-12,19H2. The molecular formula is C17H24ClNO. The summed E-state index contributed by atoms with van der Waals surface area (Å²) in [6.07, 6.45) is 8.77. The summed E-state index contributed by atoms with van der Waals surface area (Å²) in [7, 11) is 0. The summed E-state index contributed by atoms with van der Waals surface area (Å²) in [4.78, 5) is 0. The molecule has 0 spiro atoms. The van der Waals surface area contributed by atoms with Gasteiger partial charge in [-0.15, -0.1) is 0 Å². The largest absolute Gasteiger partial charge is 0.493 e. The normalized spacial score (nSPS) is 21.7. The minimum absolute atomic E-state index is 0.0715. The van der Waals surface area contributed by atoms with Gasteiger partial charge in [0.1, 0.15) is 5.75 Å². The van der Waals surface area contributed by atoms with Crippen molar-refractivity contribution in [3.05, 3.63) is 28.8 Å². The number of nitrogens with two attached hydrogens (primary N) is 1. The van der Waals surface area contributed by atoms with Crippen LogP contribution < -0.4 is 10.5 Å². The van der Waals surface area contributed by atoms with Crippen molar-refractivity contribution in [3.8, 4) is 5.75 Å². The lowest BCUT2D eigenvalue weighted by atomic mass is 9.69. The van der Waals surface area contributed by atoms with Crippen molar-refractivity contribution in [3.63, 3.8) is 0 Å². The molecule has 2 saturated carbocycles. The van der Waals surface area contributed by atoms with E-state index in [0.29, 0.717) is 6.54 Å². The second-order valence-corrected chi connectivity index (χ2v) is 6.88. The number of ether oxygens (including phenoxy) is 1. The minimum atomic E-state index is 0.0715. The third-order valence-corrected chi connectivity index (χ3v) is 5.12. The maximum Gasteiger partial charge on any atom is 0.123 e. The maximum atomic E-state index is 6.23. The number of hydrogen-bond acceptors (Lipinski definition) is 2. The van der Waals surface area contributed by atoms with E-state index >= 15 is 0 Å². The number of rotatable bonds is 5. The van der Waals surface area contributed by atoms with Crippen LogP contribution in [0.2, 0.25) is 5.02 Å². The van der Waals surface area contributed by atoms with Gasteiger partial charge in [-0.2, -0.15) is 0 Å². The fourth-order valence-electron chi connectivity index (χ4n) is 3.35. The summed E-state index contributed by atoms with van der Waals surface area (Å²) >= 11 is 6.23. The van der Waals surface area contributed by atoms with Crippen LogP contribution >= 0.6 is 11.6 Å². The zero-order valence-electron chi connectivity index (χ0n) is 12.0. The van der Waals surface area contributed by atoms with Crippen LogP contribution in [0.4, 0.5) is 0 Å². The van der Waals surface area contributed by atoms with Crippen LogP contribution in [0.25, 0.3) is 0 Å². The molecule has 2 fully saturated rings. The summed E-state index contributed by atoms with van der Waals surface area (Å²) in [6, 6.07) is 6.05. The van der Waals surface area contributed by atoms with Crippen molar-refractivity contribution in [2.24, 2.45) is 11.7 Å². The van der Waals surface area contributed by atoms with Crippen molar-refractivity contribution in [2.45, 2.75) is 50.4 Å². The third-order valence-electron chi connectivity index (χ3n) is 4.89. The molecule has 2 aliphatic carbocycles. The molecule has 0 aromatic heterocycles. The smallest absolute Gasteiger partial charge is 0.123 e. The Labute approximate surface area is 126 Å². The van der Waals surface area contributed by atoms with E-state index < -0.39 is 0 Å². The van der Waals surface area contributed by atoms with Crippen LogP contribution in [0.15, 0.2) is 18.2 Å². The van der Waals surface area contributed by atoms with Gasteiger partial charge in [-0.05, 0) is 49.8 Å². The molecule has 0 radical (unpaired) electrons. The summed E-state index contributed by atoms with van der Waals surface area (Å²) in [5.41, 5.74) is 7.47. The second kappa shape index (κ2) is 5.95. The van der Waals surface area contributed by atoms with Gasteiger partial charge in [0.05, 0.1) is 6.61 Å². The molecule has 20 heavy (non-hydrogen) atoms. The first kappa shape index (κ1) is 14.2. The Morgan fingerprint density at radius 3 is 2.60 bits per heavy atom. The fourth-order valence-corrected chi connectivity index (χ4v) is 3.52. The molecule has 0 saturated heterocycles. The molecule has 1 aromatic carbocycles. The predicted octanol–water partition coefficient (Wildman–Crippen LogP) is 4.29. The number of halogens is 1. The van der Waals surface area contributed by atoms with E-state index in [2.05, 4.69) is 6.07 Å². The van der Waals surface area contributed by atoms with Crippen molar-refractivity contribution in [1.29, 1.82) is 0 Å². The Morgan fingerprint density at radius 1 is 1.20 bits per heavy atom. The van der Waals surface area contributed by atoms with Gasteiger partial charge < -0.3 is 10.5 Å². The van der Waals surface area contributed by atoms with Gasteiger partial charge in [0.15, 0.2) is 0 Å².